The average molecular weight is 389 g/mol. The molecule has 154 valence electrons. The van der Waals surface area contributed by atoms with Crippen LogP contribution in [0.5, 0.6) is 11.5 Å². The summed E-state index contributed by atoms with van der Waals surface area (Å²) in [6, 6.07) is 6.40. The molecule has 2 N–H and O–H groups in total. The molecule has 4 saturated heterocycles. The van der Waals surface area contributed by atoms with E-state index in [1.54, 1.807) is 16.9 Å². The highest BCUT2D eigenvalue weighted by Crippen LogP contribution is 2.45. The Labute approximate surface area is 169 Å². The van der Waals surface area contributed by atoms with E-state index < -0.39 is 0 Å². The first-order valence-corrected chi connectivity index (χ1v) is 10.8. The summed E-state index contributed by atoms with van der Waals surface area (Å²) in [6.45, 7) is 15.4. The Hall–Kier alpha value is -1.59. The molecule has 28 heavy (non-hydrogen) atoms. The molecule has 5 rings (SSSR count). The molecule has 0 radical (unpaired) electrons. The zero-order chi connectivity index (χ0) is 20.3. The van der Waals surface area contributed by atoms with Crippen molar-refractivity contribution in [3.05, 3.63) is 23.8 Å². The number of benzene rings is 1. The van der Waals surface area contributed by atoms with E-state index in [-0.39, 0.29) is 10.8 Å². The first kappa shape index (κ1) is 19.7. The van der Waals surface area contributed by atoms with Crippen molar-refractivity contribution in [3.63, 3.8) is 0 Å². The zero-order valence-electron chi connectivity index (χ0n) is 18.2. The fourth-order valence-electron chi connectivity index (χ4n) is 6.34. The van der Waals surface area contributed by atoms with Crippen LogP contribution in [-0.2, 0) is 4.79 Å². The van der Waals surface area contributed by atoms with Gasteiger partial charge >= 0.3 is 0 Å². The minimum Gasteiger partial charge on any atom is -0.493 e. The van der Waals surface area contributed by atoms with Crippen LogP contribution >= 0.6 is 0 Å². The Bertz CT molecular complexity index is 727. The molecule has 4 fully saturated rings. The molecule has 0 amide bonds. The summed E-state index contributed by atoms with van der Waals surface area (Å²) in [4.78, 5) is 16.8. The van der Waals surface area contributed by atoms with E-state index in [9.17, 15) is 4.79 Å². The molecular formula is C23H36N2O3+2. The third-order valence-corrected chi connectivity index (χ3v) is 7.92. The Kier molecular flexibility index (Phi) is 4.74. The summed E-state index contributed by atoms with van der Waals surface area (Å²) in [5, 5.41) is 0. The summed E-state index contributed by atoms with van der Waals surface area (Å²) in [5.74, 6) is 2.95. The lowest BCUT2D eigenvalue weighted by molar-refractivity contribution is -1.18. The molecule has 1 aromatic carbocycles. The number of rotatable bonds is 6. The van der Waals surface area contributed by atoms with Crippen molar-refractivity contribution in [2.24, 2.45) is 22.7 Å². The number of nitrogens with one attached hydrogen (secondary N) is 2. The number of piperidine rings is 2. The molecule has 0 spiro atoms. The summed E-state index contributed by atoms with van der Waals surface area (Å²) >= 11 is 0. The molecule has 5 nitrogen and oxygen atoms in total. The van der Waals surface area contributed by atoms with Crippen LogP contribution < -0.4 is 19.3 Å². The van der Waals surface area contributed by atoms with Crippen LogP contribution in [-0.4, -0.2) is 45.7 Å². The van der Waals surface area contributed by atoms with Gasteiger partial charge in [0.15, 0.2) is 17.3 Å². The molecule has 0 saturated carbocycles. The number of hydrogen-bond donors (Lipinski definition) is 2. The van der Waals surface area contributed by atoms with Crippen molar-refractivity contribution in [2.75, 3.05) is 39.9 Å². The SMILES string of the molecule is CCOc1ccc(C2[NH+]3CC4(C(C)C)C[NH+]2CC(C(C)C)(C3)C4=O)cc1OC. The maximum absolute atomic E-state index is 13.7. The summed E-state index contributed by atoms with van der Waals surface area (Å²) < 4.78 is 11.3. The number of Topliss-reactive ketones (excluding diaryl/α,β-unsaturated/α-hetero) is 1. The van der Waals surface area contributed by atoms with Gasteiger partial charge in [-0.1, -0.05) is 27.7 Å². The lowest BCUT2D eigenvalue weighted by atomic mass is 9.53. The fourth-order valence-corrected chi connectivity index (χ4v) is 6.34. The van der Waals surface area contributed by atoms with E-state index in [1.807, 2.05) is 13.0 Å². The number of hydrogen-bond acceptors (Lipinski definition) is 3. The van der Waals surface area contributed by atoms with Crippen molar-refractivity contribution in [3.8, 4) is 11.5 Å². The van der Waals surface area contributed by atoms with E-state index in [1.165, 1.54) is 5.56 Å². The molecule has 4 aliphatic heterocycles. The van der Waals surface area contributed by atoms with Gasteiger partial charge in [0.2, 0.25) is 6.17 Å². The highest BCUT2D eigenvalue weighted by Gasteiger charge is 2.72. The fraction of sp³-hybridized carbons (Fsp3) is 0.696. The zero-order valence-corrected chi connectivity index (χ0v) is 18.2. The van der Waals surface area contributed by atoms with Crippen LogP contribution in [0.3, 0.4) is 0 Å². The largest absolute Gasteiger partial charge is 0.493 e. The lowest BCUT2D eigenvalue weighted by Gasteiger charge is -2.62. The van der Waals surface area contributed by atoms with Gasteiger partial charge in [0.25, 0.3) is 0 Å². The number of ketones is 1. The number of carbonyl (C=O) groups is 1. The van der Waals surface area contributed by atoms with E-state index in [0.717, 1.165) is 37.7 Å². The van der Waals surface area contributed by atoms with Gasteiger partial charge in [-0.15, -0.1) is 0 Å². The highest BCUT2D eigenvalue weighted by atomic mass is 16.5. The van der Waals surface area contributed by atoms with Crippen molar-refractivity contribution in [1.29, 1.82) is 0 Å². The van der Waals surface area contributed by atoms with Crippen LogP contribution in [0, 0.1) is 22.7 Å². The minimum atomic E-state index is -0.169. The van der Waals surface area contributed by atoms with Crippen LogP contribution in [0.2, 0.25) is 0 Å². The number of methoxy groups -OCH3 is 1. The summed E-state index contributed by atoms with van der Waals surface area (Å²) in [5.41, 5.74) is 0.962. The molecule has 5 heteroatoms. The maximum atomic E-state index is 13.7. The van der Waals surface area contributed by atoms with Gasteiger partial charge in [-0.2, -0.15) is 0 Å². The van der Waals surface area contributed by atoms with E-state index in [4.69, 9.17) is 9.47 Å². The standard InChI is InChI=1S/C23H34N2O3/c1-7-28-18-9-8-17(10-19(18)27-6)20-24-11-22(15(2)3)12-25(20)14-23(13-24,16(4)5)21(22)26/h8-10,15-16,20H,7,11-14H2,1-6H3/p+2. The smallest absolute Gasteiger partial charge is 0.240 e. The summed E-state index contributed by atoms with van der Waals surface area (Å²) in [6.07, 6.45) is 0.372. The third-order valence-electron chi connectivity index (χ3n) is 7.92. The van der Waals surface area contributed by atoms with Gasteiger partial charge in [0.1, 0.15) is 37.0 Å². The minimum absolute atomic E-state index is 0.169. The predicted octanol–water partition coefficient (Wildman–Crippen LogP) is 0.757. The number of carbonyl (C=O) groups excluding carboxylic acids is 1. The molecule has 0 unspecified atom stereocenters. The average Bonchev–Trinajstić information content (AvgIpc) is 2.65. The van der Waals surface area contributed by atoms with Crippen LogP contribution in [0.4, 0.5) is 0 Å². The van der Waals surface area contributed by atoms with E-state index in [0.29, 0.717) is 30.4 Å². The van der Waals surface area contributed by atoms with Crippen molar-refractivity contribution >= 4 is 5.78 Å². The van der Waals surface area contributed by atoms with Crippen LogP contribution in [0.1, 0.15) is 46.3 Å². The molecular weight excluding hydrogens is 352 g/mol. The Morgan fingerprint density at radius 2 is 1.54 bits per heavy atom. The van der Waals surface area contributed by atoms with Gasteiger partial charge < -0.3 is 9.47 Å². The van der Waals surface area contributed by atoms with Crippen LogP contribution in [0.15, 0.2) is 18.2 Å². The van der Waals surface area contributed by atoms with Crippen molar-refractivity contribution < 1.29 is 24.1 Å². The molecule has 0 atom stereocenters. The first-order chi connectivity index (χ1) is 13.3. The third kappa shape index (κ3) is 2.55. The molecule has 0 aliphatic carbocycles. The second kappa shape index (κ2) is 6.74. The number of quaternary nitrogens is 2. The van der Waals surface area contributed by atoms with Gasteiger partial charge in [-0.25, -0.2) is 0 Å². The quantitative estimate of drug-likeness (QED) is 0.756. The Balaban J connectivity index is 1.74. The van der Waals surface area contributed by atoms with Gasteiger partial charge in [-0.05, 0) is 37.0 Å². The first-order valence-electron chi connectivity index (χ1n) is 10.8. The number of ether oxygens (including phenoxy) is 2. The van der Waals surface area contributed by atoms with Crippen LogP contribution in [0.25, 0.3) is 0 Å². The highest BCUT2D eigenvalue weighted by molar-refractivity contribution is 5.92. The molecule has 1 aromatic rings. The lowest BCUT2D eigenvalue weighted by Crippen LogP contribution is -3.41. The predicted molar refractivity (Wildman–Crippen MR) is 108 cm³/mol. The topological polar surface area (TPSA) is 44.4 Å². The summed E-state index contributed by atoms with van der Waals surface area (Å²) in [7, 11) is 1.71. The van der Waals surface area contributed by atoms with E-state index >= 15 is 0 Å². The molecule has 4 bridgehead atoms. The van der Waals surface area contributed by atoms with Crippen molar-refractivity contribution in [2.45, 2.75) is 40.8 Å². The van der Waals surface area contributed by atoms with E-state index in [2.05, 4.69) is 39.8 Å². The maximum Gasteiger partial charge on any atom is 0.240 e. The molecule has 4 heterocycles. The van der Waals surface area contributed by atoms with Gasteiger partial charge in [0, 0.05) is 0 Å². The Morgan fingerprint density at radius 1 is 1.00 bits per heavy atom. The second-order valence-electron chi connectivity index (χ2n) is 9.75. The van der Waals surface area contributed by atoms with Gasteiger partial charge in [0.05, 0.1) is 19.3 Å². The monoisotopic (exact) mass is 388 g/mol. The van der Waals surface area contributed by atoms with Crippen molar-refractivity contribution in [1.82, 2.24) is 0 Å². The molecule has 0 aromatic heterocycles. The normalized spacial score (nSPS) is 36.4. The van der Waals surface area contributed by atoms with Gasteiger partial charge in [-0.3, -0.25) is 14.6 Å². The second-order valence-corrected chi connectivity index (χ2v) is 9.75. The molecule has 4 aliphatic rings. The Morgan fingerprint density at radius 3 is 1.96 bits per heavy atom.